The fourth-order valence-corrected chi connectivity index (χ4v) is 4.79. The number of para-hydroxylation sites is 1. The molecule has 0 radical (unpaired) electrons. The Bertz CT molecular complexity index is 913. The van der Waals surface area contributed by atoms with Crippen molar-refractivity contribution in [2.45, 2.75) is 45.2 Å². The lowest BCUT2D eigenvalue weighted by Gasteiger charge is -2.44. The van der Waals surface area contributed by atoms with Gasteiger partial charge in [-0.25, -0.2) is 4.98 Å². The Hall–Kier alpha value is -2.20. The lowest BCUT2D eigenvalue weighted by Crippen LogP contribution is -2.41. The second-order valence-corrected chi connectivity index (χ2v) is 7.56. The number of aromatic amines is 1. The van der Waals surface area contributed by atoms with Crippen LogP contribution < -0.4 is 0 Å². The van der Waals surface area contributed by atoms with Gasteiger partial charge in [0, 0.05) is 6.20 Å². The molecule has 3 aromatic rings. The van der Waals surface area contributed by atoms with Crippen LogP contribution in [0.2, 0.25) is 0 Å². The van der Waals surface area contributed by atoms with Crippen LogP contribution in [-0.2, 0) is 13.0 Å². The van der Waals surface area contributed by atoms with Gasteiger partial charge in [0.05, 0.1) is 29.3 Å². The Morgan fingerprint density at radius 3 is 3.08 bits per heavy atom. The van der Waals surface area contributed by atoms with Gasteiger partial charge in [0.25, 0.3) is 0 Å². The number of hydrogen-bond donors (Lipinski definition) is 1. The SMILES string of the molecule is Cc1cccc2[nH]c(CN3CCCC4CCc5cccnc5C43)nc12. The molecule has 1 aliphatic heterocycles. The Balaban J connectivity index is 1.49. The zero-order valence-electron chi connectivity index (χ0n) is 14.7. The molecule has 2 atom stereocenters. The summed E-state index contributed by atoms with van der Waals surface area (Å²) in [4.78, 5) is 15.8. The van der Waals surface area contributed by atoms with Crippen molar-refractivity contribution >= 4 is 11.0 Å². The van der Waals surface area contributed by atoms with E-state index in [0.29, 0.717) is 6.04 Å². The van der Waals surface area contributed by atoms with Gasteiger partial charge in [0.2, 0.25) is 0 Å². The molecule has 128 valence electrons. The lowest BCUT2D eigenvalue weighted by atomic mass is 9.77. The van der Waals surface area contributed by atoms with E-state index in [2.05, 4.69) is 47.1 Å². The zero-order chi connectivity index (χ0) is 16.8. The third-order valence-electron chi connectivity index (χ3n) is 5.97. The standard InChI is InChI=1S/C21H24N4/c1-14-5-2-8-17-19(14)24-18(23-17)13-25-12-4-7-16-10-9-15-6-3-11-22-20(15)21(16)25/h2-3,5-6,8,11,16,21H,4,7,9-10,12-13H2,1H3,(H,23,24). The fraction of sp³-hybridized carbons (Fsp3) is 0.429. The van der Waals surface area contributed by atoms with Crippen LogP contribution in [0.4, 0.5) is 0 Å². The largest absolute Gasteiger partial charge is 0.341 e. The van der Waals surface area contributed by atoms with Gasteiger partial charge in [-0.15, -0.1) is 0 Å². The lowest BCUT2D eigenvalue weighted by molar-refractivity contribution is 0.0676. The van der Waals surface area contributed by atoms with E-state index < -0.39 is 0 Å². The summed E-state index contributed by atoms with van der Waals surface area (Å²) in [6.07, 6.45) is 7.04. The van der Waals surface area contributed by atoms with Gasteiger partial charge in [0.1, 0.15) is 5.82 Å². The van der Waals surface area contributed by atoms with Crippen molar-refractivity contribution < 1.29 is 0 Å². The summed E-state index contributed by atoms with van der Waals surface area (Å²) in [7, 11) is 0. The van der Waals surface area contributed by atoms with Crippen molar-refractivity contribution in [1.29, 1.82) is 0 Å². The quantitative estimate of drug-likeness (QED) is 0.766. The van der Waals surface area contributed by atoms with Crippen LogP contribution >= 0.6 is 0 Å². The molecule has 0 bridgehead atoms. The minimum Gasteiger partial charge on any atom is -0.341 e. The Morgan fingerprint density at radius 2 is 2.16 bits per heavy atom. The second kappa shape index (κ2) is 5.95. The molecule has 1 aliphatic carbocycles. The first-order valence-corrected chi connectivity index (χ1v) is 9.41. The fourth-order valence-electron chi connectivity index (χ4n) is 4.79. The molecule has 1 aromatic carbocycles. The average Bonchev–Trinajstić information content (AvgIpc) is 3.06. The van der Waals surface area contributed by atoms with Crippen molar-refractivity contribution in [3.05, 3.63) is 59.2 Å². The summed E-state index contributed by atoms with van der Waals surface area (Å²) in [5.74, 6) is 1.82. The third kappa shape index (κ3) is 2.56. The number of nitrogens with one attached hydrogen (secondary N) is 1. The van der Waals surface area contributed by atoms with E-state index in [1.54, 1.807) is 0 Å². The molecule has 0 saturated carbocycles. The minimum atomic E-state index is 0.452. The number of fused-ring (bicyclic) bond motifs is 4. The molecule has 2 aromatic heterocycles. The van der Waals surface area contributed by atoms with Crippen LogP contribution in [-0.4, -0.2) is 26.4 Å². The predicted molar refractivity (Wildman–Crippen MR) is 99.3 cm³/mol. The maximum Gasteiger partial charge on any atom is 0.121 e. The Kier molecular flexibility index (Phi) is 3.59. The molecule has 2 aliphatic rings. The number of aryl methyl sites for hydroxylation is 2. The molecule has 5 rings (SSSR count). The number of pyridine rings is 1. The third-order valence-corrected chi connectivity index (χ3v) is 5.97. The van der Waals surface area contributed by atoms with Gasteiger partial charge < -0.3 is 4.98 Å². The number of likely N-dealkylation sites (tertiary alicyclic amines) is 1. The first-order valence-electron chi connectivity index (χ1n) is 9.41. The summed E-state index contributed by atoms with van der Waals surface area (Å²) in [6, 6.07) is 11.1. The molecule has 25 heavy (non-hydrogen) atoms. The van der Waals surface area contributed by atoms with Gasteiger partial charge in [-0.2, -0.15) is 0 Å². The summed E-state index contributed by atoms with van der Waals surface area (Å²) in [6.45, 7) is 4.14. The molecule has 4 heteroatoms. The van der Waals surface area contributed by atoms with Gasteiger partial charge in [-0.05, 0) is 68.3 Å². The molecule has 1 N–H and O–H groups in total. The number of hydrogen-bond acceptors (Lipinski definition) is 3. The normalized spacial score (nSPS) is 23.4. The molecular formula is C21H24N4. The minimum absolute atomic E-state index is 0.452. The molecule has 4 nitrogen and oxygen atoms in total. The van der Waals surface area contributed by atoms with Crippen LogP contribution in [0.3, 0.4) is 0 Å². The van der Waals surface area contributed by atoms with Gasteiger partial charge in [0.15, 0.2) is 0 Å². The predicted octanol–water partition coefficient (Wildman–Crippen LogP) is 4.17. The number of rotatable bonds is 2. The first-order chi connectivity index (χ1) is 12.3. The molecule has 1 fully saturated rings. The van der Waals surface area contributed by atoms with E-state index >= 15 is 0 Å². The van der Waals surface area contributed by atoms with Crippen molar-refractivity contribution in [2.24, 2.45) is 5.92 Å². The van der Waals surface area contributed by atoms with Gasteiger partial charge >= 0.3 is 0 Å². The van der Waals surface area contributed by atoms with Crippen LogP contribution in [0.5, 0.6) is 0 Å². The molecular weight excluding hydrogens is 308 g/mol. The van der Waals surface area contributed by atoms with Crippen molar-refractivity contribution in [3.8, 4) is 0 Å². The maximum absolute atomic E-state index is 4.88. The number of aromatic nitrogens is 3. The topological polar surface area (TPSA) is 44.8 Å². The number of piperidine rings is 1. The van der Waals surface area contributed by atoms with Gasteiger partial charge in [-0.3, -0.25) is 9.88 Å². The summed E-state index contributed by atoms with van der Waals surface area (Å²) in [5, 5.41) is 0. The maximum atomic E-state index is 4.88. The van der Waals surface area contributed by atoms with E-state index in [4.69, 9.17) is 9.97 Å². The summed E-state index contributed by atoms with van der Waals surface area (Å²) in [5.41, 5.74) is 6.24. The molecule has 3 heterocycles. The molecule has 0 spiro atoms. The molecule has 1 saturated heterocycles. The first kappa shape index (κ1) is 15.1. The molecule has 2 unspecified atom stereocenters. The van der Waals surface area contributed by atoms with E-state index in [1.807, 2.05) is 6.20 Å². The number of benzene rings is 1. The van der Waals surface area contributed by atoms with Crippen molar-refractivity contribution in [1.82, 2.24) is 19.9 Å². The summed E-state index contributed by atoms with van der Waals surface area (Å²) >= 11 is 0. The second-order valence-electron chi connectivity index (χ2n) is 7.56. The Labute approximate surface area is 148 Å². The monoisotopic (exact) mass is 332 g/mol. The number of H-pyrrole nitrogens is 1. The average molecular weight is 332 g/mol. The highest BCUT2D eigenvalue weighted by atomic mass is 15.2. The van der Waals surface area contributed by atoms with Crippen LogP contribution in [0.25, 0.3) is 11.0 Å². The number of nitrogens with zero attached hydrogens (tertiary/aromatic N) is 3. The summed E-state index contributed by atoms with van der Waals surface area (Å²) < 4.78 is 0. The molecule has 0 amide bonds. The highest BCUT2D eigenvalue weighted by Gasteiger charge is 2.37. The highest BCUT2D eigenvalue weighted by molar-refractivity contribution is 5.78. The van der Waals surface area contributed by atoms with Crippen LogP contribution in [0.15, 0.2) is 36.5 Å². The van der Waals surface area contributed by atoms with E-state index in [9.17, 15) is 0 Å². The van der Waals surface area contributed by atoms with Crippen molar-refractivity contribution in [3.63, 3.8) is 0 Å². The van der Waals surface area contributed by atoms with Crippen LogP contribution in [0.1, 0.15) is 47.9 Å². The number of imidazole rings is 1. The zero-order valence-corrected chi connectivity index (χ0v) is 14.7. The van der Waals surface area contributed by atoms with Gasteiger partial charge in [-0.1, -0.05) is 18.2 Å². The van der Waals surface area contributed by atoms with Crippen molar-refractivity contribution in [2.75, 3.05) is 6.54 Å². The van der Waals surface area contributed by atoms with E-state index in [0.717, 1.165) is 35.9 Å². The van der Waals surface area contributed by atoms with Crippen LogP contribution in [0, 0.1) is 12.8 Å². The van der Waals surface area contributed by atoms with E-state index in [1.165, 1.54) is 42.5 Å². The van der Waals surface area contributed by atoms with E-state index in [-0.39, 0.29) is 0 Å². The smallest absolute Gasteiger partial charge is 0.121 e. The Morgan fingerprint density at radius 1 is 1.20 bits per heavy atom. The highest BCUT2D eigenvalue weighted by Crippen LogP contribution is 2.43.